The summed E-state index contributed by atoms with van der Waals surface area (Å²) in [4.78, 5) is 0. The van der Waals surface area contributed by atoms with Crippen LogP contribution in [0, 0.1) is 0 Å². The van der Waals surface area contributed by atoms with Crippen LogP contribution >= 0.6 is 12.6 Å². The Balaban J connectivity index is 2.02. The molecule has 2 atom stereocenters. The summed E-state index contributed by atoms with van der Waals surface area (Å²) in [5.41, 5.74) is 3.51. The molecule has 0 saturated heterocycles. The molecule has 0 aliphatic heterocycles. The predicted molar refractivity (Wildman–Crippen MR) is 115 cm³/mol. The zero-order valence-corrected chi connectivity index (χ0v) is 17.4. The summed E-state index contributed by atoms with van der Waals surface area (Å²) < 4.78 is 19.7. The molecule has 1 aliphatic rings. The van der Waals surface area contributed by atoms with Crippen LogP contribution in [0.3, 0.4) is 0 Å². The van der Waals surface area contributed by atoms with Crippen molar-refractivity contribution in [2.45, 2.75) is 56.8 Å². The van der Waals surface area contributed by atoms with Crippen molar-refractivity contribution in [1.29, 1.82) is 0 Å². The van der Waals surface area contributed by atoms with Crippen LogP contribution in [0.4, 0.5) is 4.39 Å². The number of aryl methyl sites for hydroxylation is 1. The molecule has 2 rings (SSSR count). The average molecular weight is 407 g/mol. The molecule has 1 aliphatic carbocycles. The summed E-state index contributed by atoms with van der Waals surface area (Å²) in [6, 6.07) is 8.51. The van der Waals surface area contributed by atoms with E-state index in [1.807, 2.05) is 6.08 Å². The first-order valence-corrected chi connectivity index (χ1v) is 10.4. The maximum atomic E-state index is 13.7. The van der Waals surface area contributed by atoms with E-state index in [-0.39, 0.29) is 24.1 Å². The highest BCUT2D eigenvalue weighted by Gasteiger charge is 2.14. The number of benzene rings is 1. The summed E-state index contributed by atoms with van der Waals surface area (Å²) >= 11 is 4.19. The summed E-state index contributed by atoms with van der Waals surface area (Å²) in [5, 5.41) is 18.8. The molecule has 28 heavy (non-hydrogen) atoms. The quantitative estimate of drug-likeness (QED) is 0.494. The molecule has 2 unspecified atom stereocenters. The smallest absolute Gasteiger partial charge is 0.118 e. The topological polar surface area (TPSA) is 49.7 Å². The van der Waals surface area contributed by atoms with Gasteiger partial charge in [0.25, 0.3) is 0 Å². The lowest BCUT2D eigenvalue weighted by Crippen LogP contribution is -2.18. The Morgan fingerprint density at radius 1 is 1.14 bits per heavy atom. The van der Waals surface area contributed by atoms with Gasteiger partial charge in [-0.1, -0.05) is 37.3 Å². The standard InChI is InChI=1S/C23H31FO3S/c1-2-17-6-8-18(9-7-17)14-19-4-3-5-20(24)10-11-23(19)27-13-12-21(26)15-22(28)16-25/h4-9,11,21-22,25-26,28H,2-3,10,12-16H2,1H3/b19-4?,20-5+,23-11+. The molecule has 0 heterocycles. The van der Waals surface area contributed by atoms with Crippen LogP contribution in [0.1, 0.15) is 43.7 Å². The second-order valence-electron chi connectivity index (χ2n) is 7.10. The Morgan fingerprint density at radius 2 is 1.86 bits per heavy atom. The van der Waals surface area contributed by atoms with Crippen molar-refractivity contribution in [3.05, 3.63) is 70.8 Å². The first-order valence-electron chi connectivity index (χ1n) is 9.93. The summed E-state index contributed by atoms with van der Waals surface area (Å²) in [7, 11) is 0. The highest BCUT2D eigenvalue weighted by atomic mass is 32.1. The van der Waals surface area contributed by atoms with E-state index < -0.39 is 6.10 Å². The minimum absolute atomic E-state index is 0.0680. The van der Waals surface area contributed by atoms with Gasteiger partial charge in [-0.2, -0.15) is 12.6 Å². The summed E-state index contributed by atoms with van der Waals surface area (Å²) in [6.07, 6.45) is 8.11. The molecule has 0 spiro atoms. The number of rotatable bonds is 10. The lowest BCUT2D eigenvalue weighted by atomic mass is 9.99. The van der Waals surface area contributed by atoms with Crippen molar-refractivity contribution >= 4 is 12.6 Å². The van der Waals surface area contributed by atoms with Crippen LogP contribution in [0.2, 0.25) is 0 Å². The maximum Gasteiger partial charge on any atom is 0.118 e. The second kappa shape index (κ2) is 12.1. The molecule has 3 nitrogen and oxygen atoms in total. The van der Waals surface area contributed by atoms with E-state index in [9.17, 15) is 9.50 Å². The normalized spacial score (nSPS) is 20.7. The fourth-order valence-electron chi connectivity index (χ4n) is 3.07. The van der Waals surface area contributed by atoms with Crippen molar-refractivity contribution in [3.8, 4) is 0 Å². The Kier molecular flexibility index (Phi) is 9.82. The summed E-state index contributed by atoms with van der Waals surface area (Å²) in [6.45, 7) is 2.39. The SMILES string of the molecule is CCc1ccc(CC2=CC/C=C(/F)C/C=C\2OCCC(O)CC(S)CO)cc1. The molecular weight excluding hydrogens is 375 g/mol. The van der Waals surface area contributed by atoms with Crippen LogP contribution in [0.25, 0.3) is 0 Å². The maximum absolute atomic E-state index is 13.7. The average Bonchev–Trinajstić information content (AvgIpc) is 2.69. The highest BCUT2D eigenvalue weighted by molar-refractivity contribution is 7.81. The third-order valence-corrected chi connectivity index (χ3v) is 5.17. The molecule has 0 aromatic heterocycles. The molecule has 0 amide bonds. The molecule has 0 bridgehead atoms. The van der Waals surface area contributed by atoms with Crippen molar-refractivity contribution in [3.63, 3.8) is 0 Å². The minimum Gasteiger partial charge on any atom is -0.494 e. The number of aliphatic hydroxyl groups excluding tert-OH is 2. The van der Waals surface area contributed by atoms with Crippen LogP contribution in [-0.4, -0.2) is 34.8 Å². The molecule has 154 valence electrons. The monoisotopic (exact) mass is 406 g/mol. The van der Waals surface area contributed by atoms with Gasteiger partial charge in [-0.15, -0.1) is 0 Å². The Bertz CT molecular complexity index is 694. The minimum atomic E-state index is -0.588. The molecule has 0 fully saturated rings. The molecule has 0 saturated carbocycles. The number of halogens is 1. The Labute approximate surface area is 173 Å². The number of thiol groups is 1. The van der Waals surface area contributed by atoms with Crippen molar-refractivity contribution in [2.75, 3.05) is 13.2 Å². The number of aliphatic hydroxyl groups is 2. The fraction of sp³-hybridized carbons (Fsp3) is 0.478. The second-order valence-corrected chi connectivity index (χ2v) is 7.83. The number of hydrogen-bond donors (Lipinski definition) is 3. The fourth-order valence-corrected chi connectivity index (χ4v) is 3.31. The number of allylic oxidation sites excluding steroid dienone is 5. The molecular formula is C23H31FO3S. The number of ether oxygens (including phenoxy) is 1. The van der Waals surface area contributed by atoms with Gasteiger partial charge in [-0.25, -0.2) is 4.39 Å². The van der Waals surface area contributed by atoms with E-state index in [2.05, 4.69) is 43.8 Å². The van der Waals surface area contributed by atoms with Gasteiger partial charge < -0.3 is 14.9 Å². The van der Waals surface area contributed by atoms with E-state index in [0.29, 0.717) is 31.6 Å². The molecule has 1 aromatic carbocycles. The van der Waals surface area contributed by atoms with Gasteiger partial charge in [0.05, 0.1) is 19.3 Å². The van der Waals surface area contributed by atoms with Crippen LogP contribution in [0.5, 0.6) is 0 Å². The molecule has 5 heteroatoms. The third kappa shape index (κ3) is 7.82. The van der Waals surface area contributed by atoms with Gasteiger partial charge in [-0.3, -0.25) is 0 Å². The van der Waals surface area contributed by atoms with Crippen LogP contribution < -0.4 is 0 Å². The van der Waals surface area contributed by atoms with Gasteiger partial charge in [0.1, 0.15) is 11.6 Å². The lowest BCUT2D eigenvalue weighted by molar-refractivity contribution is 0.105. The van der Waals surface area contributed by atoms with E-state index in [1.54, 1.807) is 12.2 Å². The largest absolute Gasteiger partial charge is 0.494 e. The van der Waals surface area contributed by atoms with Gasteiger partial charge >= 0.3 is 0 Å². The lowest BCUT2D eigenvalue weighted by Gasteiger charge is -2.18. The van der Waals surface area contributed by atoms with Gasteiger partial charge in [-0.05, 0) is 48.1 Å². The van der Waals surface area contributed by atoms with E-state index in [4.69, 9.17) is 9.84 Å². The molecule has 0 radical (unpaired) electrons. The van der Waals surface area contributed by atoms with Crippen LogP contribution in [0.15, 0.2) is 59.7 Å². The van der Waals surface area contributed by atoms with Crippen molar-refractivity contribution in [1.82, 2.24) is 0 Å². The van der Waals surface area contributed by atoms with Crippen LogP contribution in [-0.2, 0) is 17.6 Å². The first kappa shape index (κ1) is 22.7. The Morgan fingerprint density at radius 3 is 2.54 bits per heavy atom. The van der Waals surface area contributed by atoms with Crippen molar-refractivity contribution in [2.24, 2.45) is 0 Å². The highest BCUT2D eigenvalue weighted by Crippen LogP contribution is 2.24. The van der Waals surface area contributed by atoms with E-state index in [1.165, 1.54) is 11.1 Å². The van der Waals surface area contributed by atoms with Gasteiger partial charge in [0, 0.05) is 24.5 Å². The molecule has 2 N–H and O–H groups in total. The predicted octanol–water partition coefficient (Wildman–Crippen LogP) is 4.70. The zero-order valence-electron chi connectivity index (χ0n) is 16.5. The first-order chi connectivity index (χ1) is 13.5. The number of hydrogen-bond acceptors (Lipinski definition) is 4. The zero-order chi connectivity index (χ0) is 20.4. The Hall–Kier alpha value is -1.56. The van der Waals surface area contributed by atoms with Crippen molar-refractivity contribution < 1.29 is 19.3 Å². The third-order valence-electron chi connectivity index (χ3n) is 4.79. The van der Waals surface area contributed by atoms with Gasteiger partial charge in [0.15, 0.2) is 0 Å². The van der Waals surface area contributed by atoms with Gasteiger partial charge in [0.2, 0.25) is 0 Å². The van der Waals surface area contributed by atoms with E-state index in [0.717, 1.165) is 18.4 Å². The molecule has 1 aromatic rings. The summed E-state index contributed by atoms with van der Waals surface area (Å²) in [5.74, 6) is 0.518. The van der Waals surface area contributed by atoms with E-state index >= 15 is 0 Å².